The van der Waals surface area contributed by atoms with Crippen LogP contribution in [-0.2, 0) is 16.1 Å². The third-order valence-corrected chi connectivity index (χ3v) is 6.06. The van der Waals surface area contributed by atoms with Crippen molar-refractivity contribution in [3.63, 3.8) is 0 Å². The fourth-order valence-corrected chi connectivity index (χ4v) is 3.98. The Morgan fingerprint density at radius 3 is 2.31 bits per heavy atom. The number of guanidine groups is 1. The molecule has 190 valence electrons. The van der Waals surface area contributed by atoms with E-state index in [1.54, 1.807) is 4.90 Å². The van der Waals surface area contributed by atoms with Crippen molar-refractivity contribution in [1.29, 1.82) is 0 Å². The van der Waals surface area contributed by atoms with Gasteiger partial charge in [-0.25, -0.2) is 0 Å². The number of nitrogens with two attached hydrogens (primary N) is 3. The van der Waals surface area contributed by atoms with Gasteiger partial charge in [0.2, 0.25) is 11.8 Å². The van der Waals surface area contributed by atoms with Crippen LogP contribution in [0.15, 0.2) is 64.1 Å². The highest BCUT2D eigenvalue weighted by Gasteiger charge is 2.31. The Bertz CT molecular complexity index is 933. The Morgan fingerprint density at radius 1 is 0.943 bits per heavy atom. The van der Waals surface area contributed by atoms with Gasteiger partial charge in [-0.1, -0.05) is 64.8 Å². The first-order chi connectivity index (χ1) is 16.9. The second kappa shape index (κ2) is 15.9. The van der Waals surface area contributed by atoms with Gasteiger partial charge in [0, 0.05) is 30.5 Å². The first-order valence-electron chi connectivity index (χ1n) is 12.0. The van der Waals surface area contributed by atoms with E-state index >= 15 is 0 Å². The molecule has 7 N–H and O–H groups in total. The Kier molecular flexibility index (Phi) is 12.9. The minimum absolute atomic E-state index is 0.0688. The van der Waals surface area contributed by atoms with Crippen molar-refractivity contribution < 1.29 is 9.59 Å². The van der Waals surface area contributed by atoms with Crippen LogP contribution in [0.25, 0.3) is 0 Å². The van der Waals surface area contributed by atoms with Gasteiger partial charge in [-0.3, -0.25) is 14.6 Å². The number of aliphatic imine (C=N–C) groups is 1. The number of hydrogen-bond acceptors (Lipinski definition) is 4. The number of nitrogens with one attached hydrogen (secondary N) is 1. The molecule has 0 saturated heterocycles. The standard InChI is InChI=1S/C26H37BrN6O2/c27-22-14-12-21(13-15-22)24(25(35)31-17-8-6-16-28)33(19-20-9-3-1-4-10-20)23(34)11-5-2-7-18-32-26(29)30/h1,3-4,9-10,12-15,24H,2,5-8,11,16-19,28H2,(H,31,35)(H4,29,30,32). The molecular formula is C26H37BrN6O2. The van der Waals surface area contributed by atoms with E-state index in [1.807, 2.05) is 54.6 Å². The van der Waals surface area contributed by atoms with Gasteiger partial charge in [-0.2, -0.15) is 0 Å². The molecule has 1 unspecified atom stereocenters. The maximum absolute atomic E-state index is 13.5. The predicted octanol–water partition coefficient (Wildman–Crippen LogP) is 3.21. The van der Waals surface area contributed by atoms with Crippen molar-refractivity contribution in [2.24, 2.45) is 22.2 Å². The molecule has 2 amide bonds. The van der Waals surface area contributed by atoms with Crippen LogP contribution in [0.3, 0.4) is 0 Å². The monoisotopic (exact) mass is 544 g/mol. The summed E-state index contributed by atoms with van der Waals surface area (Å²) >= 11 is 3.46. The predicted molar refractivity (Wildman–Crippen MR) is 144 cm³/mol. The number of benzene rings is 2. The summed E-state index contributed by atoms with van der Waals surface area (Å²) < 4.78 is 0.907. The van der Waals surface area contributed by atoms with Crippen LogP contribution in [0.5, 0.6) is 0 Å². The minimum atomic E-state index is -0.740. The number of halogens is 1. The molecule has 0 bridgehead atoms. The quantitative estimate of drug-likeness (QED) is 0.155. The van der Waals surface area contributed by atoms with Gasteiger partial charge in [0.25, 0.3) is 0 Å². The molecule has 35 heavy (non-hydrogen) atoms. The van der Waals surface area contributed by atoms with E-state index in [0.29, 0.717) is 39.0 Å². The largest absolute Gasteiger partial charge is 0.370 e. The summed E-state index contributed by atoms with van der Waals surface area (Å²) in [5, 5.41) is 3.01. The summed E-state index contributed by atoms with van der Waals surface area (Å²) in [5.41, 5.74) is 18.0. The zero-order chi connectivity index (χ0) is 25.5. The maximum atomic E-state index is 13.5. The normalized spacial score (nSPS) is 11.5. The van der Waals surface area contributed by atoms with Crippen molar-refractivity contribution in [3.05, 3.63) is 70.2 Å². The average molecular weight is 546 g/mol. The smallest absolute Gasteiger partial charge is 0.247 e. The van der Waals surface area contributed by atoms with Crippen LogP contribution in [-0.4, -0.2) is 42.3 Å². The number of carbonyl (C=O) groups is 2. The van der Waals surface area contributed by atoms with Crippen LogP contribution in [0.1, 0.15) is 55.7 Å². The van der Waals surface area contributed by atoms with Gasteiger partial charge in [-0.15, -0.1) is 0 Å². The summed E-state index contributed by atoms with van der Waals surface area (Å²) in [6.45, 7) is 1.97. The molecule has 0 radical (unpaired) electrons. The first-order valence-corrected chi connectivity index (χ1v) is 12.8. The fraction of sp³-hybridized carbons (Fsp3) is 0.423. The van der Waals surface area contributed by atoms with Crippen LogP contribution < -0.4 is 22.5 Å². The maximum Gasteiger partial charge on any atom is 0.247 e. The van der Waals surface area contributed by atoms with E-state index < -0.39 is 6.04 Å². The molecule has 0 heterocycles. The fourth-order valence-electron chi connectivity index (χ4n) is 3.72. The van der Waals surface area contributed by atoms with Crippen molar-refractivity contribution in [2.45, 2.75) is 51.1 Å². The molecule has 8 nitrogen and oxygen atoms in total. The highest BCUT2D eigenvalue weighted by Crippen LogP contribution is 2.26. The second-order valence-corrected chi connectivity index (χ2v) is 9.28. The summed E-state index contributed by atoms with van der Waals surface area (Å²) in [7, 11) is 0. The number of amides is 2. The minimum Gasteiger partial charge on any atom is -0.370 e. The van der Waals surface area contributed by atoms with Crippen LogP contribution >= 0.6 is 15.9 Å². The summed E-state index contributed by atoms with van der Waals surface area (Å²) in [5.74, 6) is -0.188. The van der Waals surface area contributed by atoms with Gasteiger partial charge in [0.05, 0.1) is 0 Å². The number of carbonyl (C=O) groups excluding carboxylic acids is 2. The zero-order valence-corrected chi connectivity index (χ0v) is 21.8. The molecule has 9 heteroatoms. The summed E-state index contributed by atoms with van der Waals surface area (Å²) in [6.07, 6.45) is 4.25. The van der Waals surface area contributed by atoms with Gasteiger partial charge in [-0.05, 0) is 55.5 Å². The van der Waals surface area contributed by atoms with Gasteiger partial charge >= 0.3 is 0 Å². The van der Waals surface area contributed by atoms with Crippen LogP contribution in [0.2, 0.25) is 0 Å². The topological polar surface area (TPSA) is 140 Å². The van der Waals surface area contributed by atoms with Gasteiger partial charge in [0.1, 0.15) is 6.04 Å². The molecule has 0 aromatic heterocycles. The summed E-state index contributed by atoms with van der Waals surface area (Å²) in [6, 6.07) is 16.5. The van der Waals surface area contributed by atoms with Crippen molar-refractivity contribution in [2.75, 3.05) is 19.6 Å². The molecule has 2 aromatic rings. The lowest BCUT2D eigenvalue weighted by atomic mass is 10.0. The second-order valence-electron chi connectivity index (χ2n) is 8.37. The molecular weight excluding hydrogens is 508 g/mol. The number of rotatable bonds is 15. The Morgan fingerprint density at radius 2 is 1.66 bits per heavy atom. The summed E-state index contributed by atoms with van der Waals surface area (Å²) in [4.78, 5) is 32.6. The first kappa shape index (κ1) is 28.3. The van der Waals surface area contributed by atoms with Crippen molar-refractivity contribution in [1.82, 2.24) is 10.2 Å². The van der Waals surface area contributed by atoms with Crippen LogP contribution in [0.4, 0.5) is 0 Å². The number of nitrogens with zero attached hydrogens (tertiary/aromatic N) is 2. The van der Waals surface area contributed by atoms with E-state index in [-0.39, 0.29) is 17.8 Å². The molecule has 2 rings (SSSR count). The molecule has 0 aliphatic carbocycles. The molecule has 0 aliphatic rings. The highest BCUT2D eigenvalue weighted by molar-refractivity contribution is 9.10. The lowest BCUT2D eigenvalue weighted by Crippen LogP contribution is -2.43. The Labute approximate surface area is 216 Å². The van der Waals surface area contributed by atoms with E-state index in [1.165, 1.54) is 0 Å². The van der Waals surface area contributed by atoms with Gasteiger partial charge < -0.3 is 27.4 Å². The Balaban J connectivity index is 2.23. The molecule has 0 aliphatic heterocycles. The lowest BCUT2D eigenvalue weighted by Gasteiger charge is -2.32. The number of unbranched alkanes of at least 4 members (excludes halogenated alkanes) is 3. The average Bonchev–Trinajstić information content (AvgIpc) is 2.85. The third-order valence-electron chi connectivity index (χ3n) is 5.54. The lowest BCUT2D eigenvalue weighted by molar-refractivity contribution is -0.141. The molecule has 0 saturated carbocycles. The SMILES string of the molecule is NCCCCNC(=O)C(c1ccc(Br)cc1)N(Cc1ccccc1)C(=O)CCCCCN=C(N)N. The van der Waals surface area contributed by atoms with E-state index in [0.717, 1.165) is 41.3 Å². The van der Waals surface area contributed by atoms with Crippen molar-refractivity contribution >= 4 is 33.7 Å². The van der Waals surface area contributed by atoms with E-state index in [9.17, 15) is 9.59 Å². The van der Waals surface area contributed by atoms with Crippen molar-refractivity contribution in [3.8, 4) is 0 Å². The third kappa shape index (κ3) is 10.5. The van der Waals surface area contributed by atoms with Crippen LogP contribution in [0, 0.1) is 0 Å². The molecule has 1 atom stereocenters. The van der Waals surface area contributed by atoms with Gasteiger partial charge in [0.15, 0.2) is 5.96 Å². The molecule has 2 aromatic carbocycles. The zero-order valence-electron chi connectivity index (χ0n) is 20.2. The highest BCUT2D eigenvalue weighted by atomic mass is 79.9. The van der Waals surface area contributed by atoms with E-state index in [4.69, 9.17) is 17.2 Å². The molecule has 0 fully saturated rings. The molecule has 0 spiro atoms. The number of hydrogen-bond donors (Lipinski definition) is 4. The Hall–Kier alpha value is -2.91. The van der Waals surface area contributed by atoms with E-state index in [2.05, 4.69) is 26.2 Å².